The molecule has 1 aliphatic carbocycles. The average molecular weight is 350 g/mol. The van der Waals surface area contributed by atoms with E-state index in [2.05, 4.69) is 12.1 Å². The first kappa shape index (κ1) is 18.2. The van der Waals surface area contributed by atoms with Crippen LogP contribution in [0, 0.1) is 0 Å². The van der Waals surface area contributed by atoms with Crippen LogP contribution in [0.4, 0.5) is 0 Å². The van der Waals surface area contributed by atoms with Crippen molar-refractivity contribution in [2.24, 2.45) is 0 Å². The molecule has 2 aromatic rings. The van der Waals surface area contributed by atoms with Crippen molar-refractivity contribution in [1.29, 1.82) is 0 Å². The topological polar surface area (TPSA) is 35.5 Å². The van der Waals surface area contributed by atoms with Gasteiger partial charge in [-0.2, -0.15) is 0 Å². The van der Waals surface area contributed by atoms with E-state index in [9.17, 15) is 4.79 Å². The van der Waals surface area contributed by atoms with Crippen LogP contribution in [0.25, 0.3) is 6.08 Å². The van der Waals surface area contributed by atoms with Gasteiger partial charge in [-0.1, -0.05) is 43.5 Å². The van der Waals surface area contributed by atoms with Crippen molar-refractivity contribution in [3.8, 4) is 11.5 Å². The highest BCUT2D eigenvalue weighted by Crippen LogP contribution is 2.33. The molecular formula is C23H26O3. The van der Waals surface area contributed by atoms with Gasteiger partial charge in [0.15, 0.2) is 0 Å². The number of rotatable bonds is 6. The molecule has 136 valence electrons. The summed E-state index contributed by atoms with van der Waals surface area (Å²) in [5, 5.41) is 0. The molecule has 0 heterocycles. The van der Waals surface area contributed by atoms with E-state index >= 15 is 0 Å². The van der Waals surface area contributed by atoms with Crippen molar-refractivity contribution in [3.05, 3.63) is 65.7 Å². The fourth-order valence-corrected chi connectivity index (χ4v) is 3.40. The van der Waals surface area contributed by atoms with Gasteiger partial charge in [0.05, 0.1) is 6.61 Å². The Morgan fingerprint density at radius 1 is 0.962 bits per heavy atom. The van der Waals surface area contributed by atoms with Gasteiger partial charge in [-0.25, -0.2) is 4.79 Å². The van der Waals surface area contributed by atoms with E-state index in [0.29, 0.717) is 18.3 Å². The van der Waals surface area contributed by atoms with Gasteiger partial charge in [-0.15, -0.1) is 0 Å². The molecule has 2 aromatic carbocycles. The third-order valence-corrected chi connectivity index (χ3v) is 4.78. The normalized spacial score (nSPS) is 15.1. The highest BCUT2D eigenvalue weighted by Gasteiger charge is 2.15. The zero-order chi connectivity index (χ0) is 18.2. The summed E-state index contributed by atoms with van der Waals surface area (Å²) in [5.41, 5.74) is 2.28. The summed E-state index contributed by atoms with van der Waals surface area (Å²) in [6, 6.07) is 15.6. The molecule has 3 heteroatoms. The van der Waals surface area contributed by atoms with Crippen molar-refractivity contribution >= 4 is 12.0 Å². The number of benzene rings is 2. The summed E-state index contributed by atoms with van der Waals surface area (Å²) in [6.45, 7) is 2.59. The van der Waals surface area contributed by atoms with Crippen LogP contribution < -0.4 is 9.47 Å². The van der Waals surface area contributed by atoms with E-state index in [0.717, 1.165) is 11.3 Å². The first-order valence-electron chi connectivity index (χ1n) is 9.47. The van der Waals surface area contributed by atoms with Gasteiger partial charge < -0.3 is 9.47 Å². The maximum atomic E-state index is 12.0. The molecule has 0 saturated heterocycles. The van der Waals surface area contributed by atoms with Crippen LogP contribution >= 0.6 is 0 Å². The number of esters is 1. The first-order valence-corrected chi connectivity index (χ1v) is 9.47. The maximum Gasteiger partial charge on any atom is 0.336 e. The molecular weight excluding hydrogens is 324 g/mol. The fraction of sp³-hybridized carbons (Fsp3) is 0.348. The molecule has 1 fully saturated rings. The van der Waals surface area contributed by atoms with Crippen molar-refractivity contribution in [1.82, 2.24) is 0 Å². The minimum atomic E-state index is -0.371. The van der Waals surface area contributed by atoms with Crippen molar-refractivity contribution in [2.75, 3.05) is 6.61 Å². The van der Waals surface area contributed by atoms with Crippen molar-refractivity contribution in [2.45, 2.75) is 44.9 Å². The lowest BCUT2D eigenvalue weighted by molar-refractivity contribution is -0.128. The molecule has 0 amide bonds. The zero-order valence-electron chi connectivity index (χ0n) is 15.3. The summed E-state index contributed by atoms with van der Waals surface area (Å²) in [5.74, 6) is 1.70. The molecule has 0 spiro atoms. The molecule has 0 N–H and O–H groups in total. The van der Waals surface area contributed by atoms with Crippen LogP contribution in [0.2, 0.25) is 0 Å². The summed E-state index contributed by atoms with van der Waals surface area (Å²) in [4.78, 5) is 12.0. The van der Waals surface area contributed by atoms with Gasteiger partial charge >= 0.3 is 5.97 Å². The van der Waals surface area contributed by atoms with Crippen LogP contribution in [0.1, 0.15) is 56.1 Å². The molecule has 0 atom stereocenters. The zero-order valence-corrected chi connectivity index (χ0v) is 15.3. The Balaban J connectivity index is 1.53. The second kappa shape index (κ2) is 9.23. The molecule has 3 nitrogen and oxygen atoms in total. The third-order valence-electron chi connectivity index (χ3n) is 4.78. The van der Waals surface area contributed by atoms with Gasteiger partial charge in [0.1, 0.15) is 11.5 Å². The van der Waals surface area contributed by atoms with Gasteiger partial charge in [0.25, 0.3) is 0 Å². The molecule has 3 rings (SSSR count). The highest BCUT2D eigenvalue weighted by atomic mass is 16.5. The van der Waals surface area contributed by atoms with Gasteiger partial charge in [0.2, 0.25) is 0 Å². The number of carbonyl (C=O) groups excluding carboxylic acids is 1. The summed E-state index contributed by atoms with van der Waals surface area (Å²) in [7, 11) is 0. The van der Waals surface area contributed by atoms with Crippen LogP contribution in [-0.2, 0) is 4.79 Å². The Hall–Kier alpha value is -2.55. The average Bonchev–Trinajstić information content (AvgIpc) is 2.69. The standard InChI is InChI=1S/C23H26O3/c1-2-25-21-13-8-18(9-14-21)10-17-23(24)26-22-15-11-20(12-16-22)19-6-4-3-5-7-19/h8-17,19H,2-7H2,1H3. The van der Waals surface area contributed by atoms with Crippen LogP contribution in [0.15, 0.2) is 54.6 Å². The predicted molar refractivity (Wildman–Crippen MR) is 105 cm³/mol. The Morgan fingerprint density at radius 3 is 2.27 bits per heavy atom. The Labute approximate surface area is 155 Å². The Kier molecular flexibility index (Phi) is 6.48. The van der Waals surface area contributed by atoms with Crippen LogP contribution in [-0.4, -0.2) is 12.6 Å². The minimum absolute atomic E-state index is 0.371. The summed E-state index contributed by atoms with van der Waals surface area (Å²) in [6.07, 6.45) is 9.72. The van der Waals surface area contributed by atoms with E-state index in [1.165, 1.54) is 43.7 Å². The summed E-state index contributed by atoms with van der Waals surface area (Å²) < 4.78 is 10.8. The van der Waals surface area contributed by atoms with E-state index < -0.39 is 0 Å². The molecule has 0 bridgehead atoms. The summed E-state index contributed by atoms with van der Waals surface area (Å²) >= 11 is 0. The van der Waals surface area contributed by atoms with Gasteiger partial charge in [-0.3, -0.25) is 0 Å². The number of hydrogen-bond acceptors (Lipinski definition) is 3. The second-order valence-electron chi connectivity index (χ2n) is 6.66. The molecule has 0 radical (unpaired) electrons. The Bertz CT molecular complexity index is 723. The van der Waals surface area contributed by atoms with Crippen LogP contribution in [0.5, 0.6) is 11.5 Å². The van der Waals surface area contributed by atoms with Crippen molar-refractivity contribution in [3.63, 3.8) is 0 Å². The lowest BCUT2D eigenvalue weighted by Gasteiger charge is -2.21. The number of ether oxygens (including phenoxy) is 2. The SMILES string of the molecule is CCOc1ccc(C=CC(=O)Oc2ccc(C3CCCCC3)cc2)cc1. The van der Waals surface area contributed by atoms with E-state index in [4.69, 9.17) is 9.47 Å². The molecule has 0 unspecified atom stereocenters. The predicted octanol–water partition coefficient (Wildman–Crippen LogP) is 5.75. The lowest BCUT2D eigenvalue weighted by atomic mass is 9.84. The van der Waals surface area contributed by atoms with Gasteiger partial charge in [-0.05, 0) is 67.2 Å². The van der Waals surface area contributed by atoms with Gasteiger partial charge in [0, 0.05) is 6.08 Å². The monoisotopic (exact) mass is 350 g/mol. The largest absolute Gasteiger partial charge is 0.494 e. The lowest BCUT2D eigenvalue weighted by Crippen LogP contribution is -2.06. The Morgan fingerprint density at radius 2 is 1.62 bits per heavy atom. The van der Waals surface area contributed by atoms with E-state index in [1.807, 2.05) is 43.3 Å². The number of carbonyl (C=O) groups is 1. The maximum absolute atomic E-state index is 12.0. The number of hydrogen-bond donors (Lipinski definition) is 0. The molecule has 0 aromatic heterocycles. The van der Waals surface area contributed by atoms with E-state index in [1.54, 1.807) is 6.08 Å². The second-order valence-corrected chi connectivity index (χ2v) is 6.66. The minimum Gasteiger partial charge on any atom is -0.494 e. The molecule has 1 saturated carbocycles. The van der Waals surface area contributed by atoms with Crippen molar-refractivity contribution < 1.29 is 14.3 Å². The molecule has 1 aliphatic rings. The smallest absolute Gasteiger partial charge is 0.336 e. The fourth-order valence-electron chi connectivity index (χ4n) is 3.40. The first-order chi connectivity index (χ1) is 12.7. The molecule has 26 heavy (non-hydrogen) atoms. The van der Waals surface area contributed by atoms with E-state index in [-0.39, 0.29) is 5.97 Å². The third kappa shape index (κ3) is 5.22. The quantitative estimate of drug-likeness (QED) is 0.378. The molecule has 0 aliphatic heterocycles. The highest BCUT2D eigenvalue weighted by molar-refractivity contribution is 5.88. The van der Waals surface area contributed by atoms with Crippen LogP contribution in [0.3, 0.4) is 0 Å².